The van der Waals surface area contributed by atoms with Gasteiger partial charge in [0.25, 0.3) is 0 Å². The quantitative estimate of drug-likeness (QED) is 0.836. The molecule has 0 aliphatic rings. The number of nitrogen functional groups attached to an aromatic ring is 1. The van der Waals surface area contributed by atoms with Crippen LogP contribution >= 0.6 is 0 Å². The van der Waals surface area contributed by atoms with Crippen molar-refractivity contribution in [3.05, 3.63) is 47.8 Å². The molecule has 2 rings (SSSR count). The maximum Gasteiger partial charge on any atom is 0.167 e. The van der Waals surface area contributed by atoms with Gasteiger partial charge in [-0.15, -0.1) is 0 Å². The van der Waals surface area contributed by atoms with Crippen molar-refractivity contribution in [2.75, 3.05) is 17.7 Å². The Kier molecular flexibility index (Phi) is 4.06. The number of nitrogens with one attached hydrogen (secondary N) is 1. The fraction of sp³-hybridized carbons (Fsp3) is 0.133. The van der Waals surface area contributed by atoms with Crippen LogP contribution in [0.2, 0.25) is 0 Å². The molecule has 0 aliphatic heterocycles. The van der Waals surface area contributed by atoms with Crippen molar-refractivity contribution < 1.29 is 9.13 Å². The Morgan fingerprint density at radius 3 is 2.80 bits per heavy atom. The first-order chi connectivity index (χ1) is 9.65. The SMILES string of the molecule is CCOc1ccc(Nc2cccc(C#N)c2N)cc1F. The van der Waals surface area contributed by atoms with Gasteiger partial charge in [0.05, 0.1) is 23.5 Å². The van der Waals surface area contributed by atoms with E-state index in [-0.39, 0.29) is 5.75 Å². The van der Waals surface area contributed by atoms with Gasteiger partial charge in [-0.2, -0.15) is 5.26 Å². The monoisotopic (exact) mass is 271 g/mol. The Morgan fingerprint density at radius 1 is 1.35 bits per heavy atom. The lowest BCUT2D eigenvalue weighted by Gasteiger charge is -2.11. The molecule has 2 aromatic carbocycles. The molecule has 0 heterocycles. The molecular formula is C15H14FN3O. The van der Waals surface area contributed by atoms with Gasteiger partial charge in [0.15, 0.2) is 11.6 Å². The van der Waals surface area contributed by atoms with E-state index in [1.54, 1.807) is 37.3 Å². The largest absolute Gasteiger partial charge is 0.491 e. The van der Waals surface area contributed by atoms with E-state index in [9.17, 15) is 4.39 Å². The summed E-state index contributed by atoms with van der Waals surface area (Å²) < 4.78 is 18.9. The Bertz CT molecular complexity index is 665. The molecule has 0 saturated heterocycles. The fourth-order valence-electron chi connectivity index (χ4n) is 1.78. The highest BCUT2D eigenvalue weighted by Crippen LogP contribution is 2.28. The molecule has 0 unspecified atom stereocenters. The molecule has 0 spiro atoms. The summed E-state index contributed by atoms with van der Waals surface area (Å²) in [4.78, 5) is 0. The number of ether oxygens (including phenoxy) is 1. The number of hydrogen-bond acceptors (Lipinski definition) is 4. The number of hydrogen-bond donors (Lipinski definition) is 2. The number of rotatable bonds is 4. The zero-order chi connectivity index (χ0) is 14.5. The van der Waals surface area contributed by atoms with Crippen LogP contribution in [0.1, 0.15) is 12.5 Å². The summed E-state index contributed by atoms with van der Waals surface area (Å²) in [5, 5.41) is 11.9. The molecule has 20 heavy (non-hydrogen) atoms. The van der Waals surface area contributed by atoms with Crippen LogP contribution in [-0.4, -0.2) is 6.61 Å². The maximum absolute atomic E-state index is 13.7. The van der Waals surface area contributed by atoms with Gasteiger partial charge in [-0.3, -0.25) is 0 Å². The highest BCUT2D eigenvalue weighted by molar-refractivity contribution is 5.77. The minimum absolute atomic E-state index is 0.205. The highest BCUT2D eigenvalue weighted by atomic mass is 19.1. The number of nitriles is 1. The van der Waals surface area contributed by atoms with E-state index in [0.717, 1.165) is 0 Å². The van der Waals surface area contributed by atoms with Gasteiger partial charge in [-0.1, -0.05) is 6.07 Å². The average molecular weight is 271 g/mol. The molecule has 0 aromatic heterocycles. The van der Waals surface area contributed by atoms with Crippen LogP contribution in [0.3, 0.4) is 0 Å². The maximum atomic E-state index is 13.7. The van der Waals surface area contributed by atoms with Gasteiger partial charge < -0.3 is 15.8 Å². The minimum atomic E-state index is -0.452. The Hall–Kier alpha value is -2.74. The molecule has 2 aromatic rings. The fourth-order valence-corrected chi connectivity index (χ4v) is 1.78. The van der Waals surface area contributed by atoms with Crippen molar-refractivity contribution in [2.24, 2.45) is 0 Å². The van der Waals surface area contributed by atoms with Crippen molar-refractivity contribution in [3.63, 3.8) is 0 Å². The van der Waals surface area contributed by atoms with E-state index in [1.165, 1.54) is 6.07 Å². The lowest BCUT2D eigenvalue weighted by molar-refractivity contribution is 0.321. The van der Waals surface area contributed by atoms with Crippen LogP contribution in [-0.2, 0) is 0 Å². The molecule has 0 fully saturated rings. The summed E-state index contributed by atoms with van der Waals surface area (Å²) in [6, 6.07) is 11.6. The van der Waals surface area contributed by atoms with Crippen LogP contribution in [0, 0.1) is 17.1 Å². The van der Waals surface area contributed by atoms with Gasteiger partial charge in [0, 0.05) is 11.8 Å². The van der Waals surface area contributed by atoms with Crippen molar-refractivity contribution in [1.29, 1.82) is 5.26 Å². The zero-order valence-electron chi connectivity index (χ0n) is 11.0. The molecule has 4 nitrogen and oxygen atoms in total. The molecule has 0 amide bonds. The van der Waals surface area contributed by atoms with E-state index in [1.807, 2.05) is 6.07 Å². The normalized spacial score (nSPS) is 9.85. The van der Waals surface area contributed by atoms with Crippen LogP contribution in [0.25, 0.3) is 0 Å². The summed E-state index contributed by atoms with van der Waals surface area (Å²) in [5.41, 5.74) is 7.67. The molecule has 0 aliphatic carbocycles. The average Bonchev–Trinajstić information content (AvgIpc) is 2.44. The second-order valence-electron chi connectivity index (χ2n) is 4.08. The minimum Gasteiger partial charge on any atom is -0.491 e. The molecule has 0 atom stereocenters. The highest BCUT2D eigenvalue weighted by Gasteiger charge is 2.07. The number of para-hydroxylation sites is 1. The van der Waals surface area contributed by atoms with E-state index in [0.29, 0.717) is 29.2 Å². The van der Waals surface area contributed by atoms with Crippen molar-refractivity contribution in [2.45, 2.75) is 6.92 Å². The molecule has 3 N–H and O–H groups in total. The van der Waals surface area contributed by atoms with Gasteiger partial charge in [-0.25, -0.2) is 4.39 Å². The van der Waals surface area contributed by atoms with E-state index in [4.69, 9.17) is 15.7 Å². The molecule has 0 bridgehead atoms. The number of nitrogens with zero attached hydrogens (tertiary/aromatic N) is 1. The predicted octanol–water partition coefficient (Wildman–Crippen LogP) is 3.42. The van der Waals surface area contributed by atoms with E-state index < -0.39 is 5.82 Å². The lowest BCUT2D eigenvalue weighted by Crippen LogP contribution is -2.00. The molecule has 0 saturated carbocycles. The number of anilines is 3. The summed E-state index contributed by atoms with van der Waals surface area (Å²) in [5.74, 6) is -0.247. The second-order valence-corrected chi connectivity index (χ2v) is 4.08. The third-order valence-electron chi connectivity index (χ3n) is 2.74. The first-order valence-corrected chi connectivity index (χ1v) is 6.13. The van der Waals surface area contributed by atoms with Crippen LogP contribution in [0.5, 0.6) is 5.75 Å². The van der Waals surface area contributed by atoms with Crippen molar-refractivity contribution >= 4 is 17.1 Å². The van der Waals surface area contributed by atoms with Crippen LogP contribution < -0.4 is 15.8 Å². The summed E-state index contributed by atoms with van der Waals surface area (Å²) >= 11 is 0. The van der Waals surface area contributed by atoms with Crippen molar-refractivity contribution in [3.8, 4) is 11.8 Å². The molecular weight excluding hydrogens is 257 g/mol. The second kappa shape index (κ2) is 5.93. The first kappa shape index (κ1) is 13.7. The first-order valence-electron chi connectivity index (χ1n) is 6.13. The molecule has 102 valence electrons. The van der Waals surface area contributed by atoms with E-state index >= 15 is 0 Å². The molecule has 0 radical (unpaired) electrons. The number of nitrogens with two attached hydrogens (primary N) is 1. The van der Waals surface area contributed by atoms with Gasteiger partial charge >= 0.3 is 0 Å². The van der Waals surface area contributed by atoms with Crippen molar-refractivity contribution in [1.82, 2.24) is 0 Å². The summed E-state index contributed by atoms with van der Waals surface area (Å²) in [7, 11) is 0. The summed E-state index contributed by atoms with van der Waals surface area (Å²) in [6.45, 7) is 2.19. The Morgan fingerprint density at radius 2 is 2.15 bits per heavy atom. The predicted molar refractivity (Wildman–Crippen MR) is 76.4 cm³/mol. The topological polar surface area (TPSA) is 71.1 Å². The van der Waals surface area contributed by atoms with Gasteiger partial charge in [0.1, 0.15) is 6.07 Å². The lowest BCUT2D eigenvalue weighted by atomic mass is 10.1. The van der Waals surface area contributed by atoms with Crippen LogP contribution in [0.15, 0.2) is 36.4 Å². The van der Waals surface area contributed by atoms with Crippen LogP contribution in [0.4, 0.5) is 21.5 Å². The third-order valence-corrected chi connectivity index (χ3v) is 2.74. The third kappa shape index (κ3) is 2.81. The Labute approximate surface area is 116 Å². The Balaban J connectivity index is 2.27. The molecule has 5 heteroatoms. The number of halogens is 1. The summed E-state index contributed by atoms with van der Waals surface area (Å²) in [6.07, 6.45) is 0. The smallest absolute Gasteiger partial charge is 0.167 e. The van der Waals surface area contributed by atoms with E-state index in [2.05, 4.69) is 5.32 Å². The zero-order valence-corrected chi connectivity index (χ0v) is 11.0. The number of benzene rings is 2. The van der Waals surface area contributed by atoms with Gasteiger partial charge in [-0.05, 0) is 31.2 Å². The van der Waals surface area contributed by atoms with Gasteiger partial charge in [0.2, 0.25) is 0 Å². The standard InChI is InChI=1S/C15H14FN3O/c1-2-20-14-7-6-11(8-12(14)16)19-13-5-3-4-10(9-17)15(13)18/h3-8,19H,2,18H2,1H3.